The van der Waals surface area contributed by atoms with Gasteiger partial charge in [0, 0.05) is 0 Å². The van der Waals surface area contributed by atoms with Crippen LogP contribution in [-0.4, -0.2) is 0 Å². The van der Waals surface area contributed by atoms with Crippen molar-refractivity contribution in [1.82, 2.24) is 0 Å². The number of hydrogen-bond donors (Lipinski definition) is 0. The lowest BCUT2D eigenvalue weighted by Crippen LogP contribution is -1.89. The highest BCUT2D eigenvalue weighted by atomic mass is 14.0. The standard InChI is InChI=1S/C9H17/c1-4-6-7-8-9(3)5-2/h4,6,9H,1,5,7-8H2,2-3H3/b6-4+. The van der Waals surface area contributed by atoms with Gasteiger partial charge in [-0.25, -0.2) is 0 Å². The Morgan fingerprint density at radius 2 is 2.22 bits per heavy atom. The summed E-state index contributed by atoms with van der Waals surface area (Å²) in [6.07, 6.45) is 7.81. The van der Waals surface area contributed by atoms with Crippen LogP contribution in [0.1, 0.15) is 33.1 Å². The number of allylic oxidation sites excluding steroid dienone is 2. The van der Waals surface area contributed by atoms with Crippen LogP contribution >= 0.6 is 0 Å². The van der Waals surface area contributed by atoms with E-state index in [-0.39, 0.29) is 0 Å². The maximum absolute atomic E-state index is 3.63. The molecule has 0 rings (SSSR count). The summed E-state index contributed by atoms with van der Waals surface area (Å²) in [5, 5.41) is 0. The van der Waals surface area contributed by atoms with E-state index < -0.39 is 0 Å². The van der Waals surface area contributed by atoms with E-state index in [0.717, 1.165) is 5.92 Å². The molecule has 0 aliphatic heterocycles. The Labute approximate surface area is 59.0 Å². The summed E-state index contributed by atoms with van der Waals surface area (Å²) in [6, 6.07) is 0. The minimum atomic E-state index is 0.876. The predicted octanol–water partition coefficient (Wildman–Crippen LogP) is 3.20. The Kier molecular flexibility index (Phi) is 5.70. The van der Waals surface area contributed by atoms with Crippen LogP contribution in [0.15, 0.2) is 12.2 Å². The predicted molar refractivity (Wildman–Crippen MR) is 43.2 cm³/mol. The highest BCUT2D eigenvalue weighted by molar-refractivity contribution is 4.83. The first kappa shape index (κ1) is 8.74. The third-order valence-electron chi connectivity index (χ3n) is 1.69. The van der Waals surface area contributed by atoms with E-state index in [9.17, 15) is 0 Å². The number of hydrogen-bond acceptors (Lipinski definition) is 0. The summed E-state index contributed by atoms with van der Waals surface area (Å²) in [7, 11) is 0. The first-order valence-electron chi connectivity index (χ1n) is 3.75. The van der Waals surface area contributed by atoms with Gasteiger partial charge in [0.05, 0.1) is 0 Å². The van der Waals surface area contributed by atoms with Gasteiger partial charge in [-0.05, 0) is 25.7 Å². The van der Waals surface area contributed by atoms with E-state index in [2.05, 4.69) is 26.8 Å². The molecule has 0 saturated carbocycles. The summed E-state index contributed by atoms with van der Waals surface area (Å²) >= 11 is 0. The second kappa shape index (κ2) is 5.87. The summed E-state index contributed by atoms with van der Waals surface area (Å²) < 4.78 is 0. The largest absolute Gasteiger partial charge is 0.0885 e. The number of rotatable bonds is 4. The lowest BCUT2D eigenvalue weighted by atomic mass is 10.0. The van der Waals surface area contributed by atoms with Crippen LogP contribution in [0.4, 0.5) is 0 Å². The van der Waals surface area contributed by atoms with Crippen molar-refractivity contribution >= 4 is 0 Å². The van der Waals surface area contributed by atoms with Crippen molar-refractivity contribution in [1.29, 1.82) is 0 Å². The fraction of sp³-hybridized carbons (Fsp3) is 0.667. The zero-order chi connectivity index (χ0) is 7.11. The average molecular weight is 125 g/mol. The van der Waals surface area contributed by atoms with E-state index in [1.165, 1.54) is 19.3 Å². The summed E-state index contributed by atoms with van der Waals surface area (Å²) in [4.78, 5) is 0. The normalized spacial score (nSPS) is 14.6. The molecule has 1 unspecified atom stereocenters. The summed E-state index contributed by atoms with van der Waals surface area (Å²) in [5.74, 6) is 0.876. The summed E-state index contributed by atoms with van der Waals surface area (Å²) in [6.45, 7) is 8.15. The van der Waals surface area contributed by atoms with Crippen molar-refractivity contribution in [2.45, 2.75) is 33.1 Å². The van der Waals surface area contributed by atoms with Crippen LogP contribution in [0.5, 0.6) is 0 Å². The van der Waals surface area contributed by atoms with Crippen molar-refractivity contribution in [2.75, 3.05) is 0 Å². The molecule has 0 spiro atoms. The van der Waals surface area contributed by atoms with Gasteiger partial charge in [0.15, 0.2) is 0 Å². The van der Waals surface area contributed by atoms with Crippen LogP contribution in [0, 0.1) is 12.8 Å². The Morgan fingerprint density at radius 3 is 2.67 bits per heavy atom. The van der Waals surface area contributed by atoms with Crippen molar-refractivity contribution in [3.8, 4) is 0 Å². The van der Waals surface area contributed by atoms with Gasteiger partial charge in [-0.3, -0.25) is 0 Å². The Bertz CT molecular complexity index is 72.1. The third kappa shape index (κ3) is 5.61. The molecule has 0 aliphatic rings. The monoisotopic (exact) mass is 125 g/mol. The molecule has 0 fully saturated rings. The molecule has 0 nitrogen and oxygen atoms in total. The van der Waals surface area contributed by atoms with E-state index in [1.54, 1.807) is 0 Å². The second-order valence-corrected chi connectivity index (χ2v) is 2.56. The van der Waals surface area contributed by atoms with Gasteiger partial charge < -0.3 is 0 Å². The molecule has 0 bridgehead atoms. The Morgan fingerprint density at radius 1 is 1.56 bits per heavy atom. The minimum Gasteiger partial charge on any atom is -0.0885 e. The SMILES string of the molecule is [CH2]/C=C/CCC(C)CC. The van der Waals surface area contributed by atoms with Crippen molar-refractivity contribution in [2.24, 2.45) is 5.92 Å². The Hall–Kier alpha value is -0.260. The lowest BCUT2D eigenvalue weighted by molar-refractivity contribution is 0.522. The summed E-state index contributed by atoms with van der Waals surface area (Å²) in [5.41, 5.74) is 0. The van der Waals surface area contributed by atoms with E-state index in [1.807, 2.05) is 6.08 Å². The van der Waals surface area contributed by atoms with E-state index in [0.29, 0.717) is 0 Å². The molecule has 1 atom stereocenters. The highest BCUT2D eigenvalue weighted by Crippen LogP contribution is 2.08. The molecule has 0 aromatic rings. The van der Waals surface area contributed by atoms with E-state index >= 15 is 0 Å². The topological polar surface area (TPSA) is 0 Å². The lowest BCUT2D eigenvalue weighted by Gasteiger charge is -2.03. The molecule has 0 aromatic heterocycles. The highest BCUT2D eigenvalue weighted by Gasteiger charge is 1.93. The van der Waals surface area contributed by atoms with E-state index in [4.69, 9.17) is 0 Å². The van der Waals surface area contributed by atoms with Crippen LogP contribution in [0.2, 0.25) is 0 Å². The van der Waals surface area contributed by atoms with Crippen LogP contribution in [0.25, 0.3) is 0 Å². The third-order valence-corrected chi connectivity index (χ3v) is 1.69. The molecular weight excluding hydrogens is 108 g/mol. The molecule has 9 heavy (non-hydrogen) atoms. The fourth-order valence-corrected chi connectivity index (χ4v) is 0.703. The quantitative estimate of drug-likeness (QED) is 0.541. The maximum Gasteiger partial charge on any atom is -0.0316 e. The van der Waals surface area contributed by atoms with Gasteiger partial charge in [-0.15, -0.1) is 0 Å². The second-order valence-electron chi connectivity index (χ2n) is 2.56. The van der Waals surface area contributed by atoms with Gasteiger partial charge in [-0.2, -0.15) is 0 Å². The molecule has 0 heterocycles. The van der Waals surface area contributed by atoms with Crippen LogP contribution < -0.4 is 0 Å². The van der Waals surface area contributed by atoms with Crippen LogP contribution in [-0.2, 0) is 0 Å². The minimum absolute atomic E-state index is 0.876. The first-order valence-corrected chi connectivity index (χ1v) is 3.75. The average Bonchev–Trinajstić information content (AvgIpc) is 1.89. The molecule has 0 amide bonds. The first-order chi connectivity index (χ1) is 4.31. The zero-order valence-corrected chi connectivity index (χ0v) is 6.56. The maximum atomic E-state index is 3.63. The van der Waals surface area contributed by atoms with Gasteiger partial charge >= 0.3 is 0 Å². The Balaban J connectivity index is 3.06. The van der Waals surface area contributed by atoms with Gasteiger partial charge in [0.2, 0.25) is 0 Å². The molecule has 0 N–H and O–H groups in total. The smallest absolute Gasteiger partial charge is 0.0316 e. The molecule has 0 aliphatic carbocycles. The van der Waals surface area contributed by atoms with Crippen LogP contribution in [0.3, 0.4) is 0 Å². The van der Waals surface area contributed by atoms with Gasteiger partial charge in [0.25, 0.3) is 0 Å². The van der Waals surface area contributed by atoms with Gasteiger partial charge in [-0.1, -0.05) is 32.4 Å². The zero-order valence-electron chi connectivity index (χ0n) is 6.56. The van der Waals surface area contributed by atoms with Crippen molar-refractivity contribution in [3.63, 3.8) is 0 Å². The fourth-order valence-electron chi connectivity index (χ4n) is 0.703. The van der Waals surface area contributed by atoms with Gasteiger partial charge in [0.1, 0.15) is 0 Å². The molecule has 53 valence electrons. The molecular formula is C9H17. The van der Waals surface area contributed by atoms with Crippen molar-refractivity contribution < 1.29 is 0 Å². The molecule has 0 saturated heterocycles. The van der Waals surface area contributed by atoms with Crippen molar-refractivity contribution in [3.05, 3.63) is 19.1 Å². The molecule has 0 heteroatoms. The molecule has 0 aromatic carbocycles. The molecule has 1 radical (unpaired) electrons.